The van der Waals surface area contributed by atoms with E-state index in [1.54, 1.807) is 14.2 Å². The van der Waals surface area contributed by atoms with Crippen molar-refractivity contribution in [2.45, 2.75) is 19.9 Å². The Bertz CT molecular complexity index is 1340. The molecule has 0 atom stereocenters. The Morgan fingerprint density at radius 3 is 2.05 bits per heavy atom. The Labute approximate surface area is 245 Å². The summed E-state index contributed by atoms with van der Waals surface area (Å²) >= 11 is 0. The first-order chi connectivity index (χ1) is 19.8. The number of methoxy groups -OCH3 is 2. The predicted molar refractivity (Wildman–Crippen MR) is 170 cm³/mol. The number of ketones is 1. The second kappa shape index (κ2) is 16.0. The van der Waals surface area contributed by atoms with Gasteiger partial charge in [-0.15, -0.1) is 0 Å². The van der Waals surface area contributed by atoms with Gasteiger partial charge < -0.3 is 23.8 Å². The number of carbonyl (C=O) groups excluding carboxylic acids is 1. The van der Waals surface area contributed by atoms with Gasteiger partial charge in [-0.25, -0.2) is 0 Å². The molecule has 5 rings (SSSR count). The van der Waals surface area contributed by atoms with Gasteiger partial charge >= 0.3 is 0 Å². The van der Waals surface area contributed by atoms with Crippen LogP contribution in [0.1, 0.15) is 29.8 Å². The molecule has 1 aliphatic heterocycles. The lowest BCUT2D eigenvalue weighted by Crippen LogP contribution is -2.47. The monoisotopic (exact) mass is 558 g/mol. The normalized spacial score (nSPS) is 13.4. The fourth-order valence-corrected chi connectivity index (χ4v) is 4.46. The number of aryl methyl sites for hydroxylation is 1. The van der Waals surface area contributed by atoms with Crippen LogP contribution in [0.5, 0.6) is 5.75 Å². The molecule has 41 heavy (non-hydrogen) atoms. The van der Waals surface area contributed by atoms with Crippen LogP contribution in [0.3, 0.4) is 0 Å². The number of para-hydroxylation sites is 3. The van der Waals surface area contributed by atoms with Crippen molar-refractivity contribution in [2.75, 3.05) is 66.1 Å². The summed E-state index contributed by atoms with van der Waals surface area (Å²) in [4.78, 5) is 19.3. The van der Waals surface area contributed by atoms with Gasteiger partial charge in [0.05, 0.1) is 19.5 Å². The molecule has 0 bridgehead atoms. The van der Waals surface area contributed by atoms with Crippen LogP contribution in [0.4, 0.5) is 5.69 Å². The summed E-state index contributed by atoms with van der Waals surface area (Å²) in [5.41, 5.74) is 3.76. The first kappa shape index (κ1) is 31.9. The number of piperazine rings is 1. The van der Waals surface area contributed by atoms with E-state index in [4.69, 9.17) is 9.47 Å². The number of ether oxygens (including phenoxy) is 2. The molecule has 0 N–H and O–H groups in total. The number of aromatic nitrogens is 1. The third-order valence-corrected chi connectivity index (χ3v) is 7.32. The highest BCUT2D eigenvalue weighted by atomic mass is 16.5. The minimum absolute atomic E-state index is 0.0763. The van der Waals surface area contributed by atoms with Crippen molar-refractivity contribution in [3.05, 3.63) is 96.2 Å². The second-order valence-corrected chi connectivity index (χ2v) is 10.6. The van der Waals surface area contributed by atoms with Crippen molar-refractivity contribution in [1.29, 1.82) is 0 Å². The molecule has 1 saturated heterocycles. The van der Waals surface area contributed by atoms with E-state index in [-0.39, 0.29) is 5.78 Å². The maximum atomic E-state index is 12.5. The van der Waals surface area contributed by atoms with Crippen LogP contribution in [-0.4, -0.2) is 87.4 Å². The van der Waals surface area contributed by atoms with Crippen molar-refractivity contribution in [3.63, 3.8) is 0 Å². The number of hydrogen-bond donors (Lipinski definition) is 0. The van der Waals surface area contributed by atoms with E-state index < -0.39 is 0 Å². The summed E-state index contributed by atoms with van der Waals surface area (Å²) in [6, 6.07) is 26.2. The molecule has 0 radical (unpaired) electrons. The molecule has 0 amide bonds. The van der Waals surface area contributed by atoms with Crippen LogP contribution < -0.4 is 9.64 Å². The zero-order valence-electron chi connectivity index (χ0n) is 25.7. The van der Waals surface area contributed by atoms with Crippen molar-refractivity contribution < 1.29 is 14.3 Å². The van der Waals surface area contributed by atoms with E-state index in [2.05, 4.69) is 54.8 Å². The Morgan fingerprint density at radius 2 is 1.44 bits per heavy atom. The number of benzene rings is 3. The quantitative estimate of drug-likeness (QED) is 0.268. The highest BCUT2D eigenvalue weighted by molar-refractivity contribution is 6.16. The zero-order chi connectivity index (χ0) is 29.8. The average molecular weight is 559 g/mol. The molecule has 0 spiro atoms. The van der Waals surface area contributed by atoms with E-state index in [1.165, 1.54) is 5.69 Å². The second-order valence-electron chi connectivity index (χ2n) is 10.6. The number of hydrogen-bond acceptors (Lipinski definition) is 6. The molecule has 220 valence electrons. The van der Waals surface area contributed by atoms with Crippen LogP contribution in [0.2, 0.25) is 0 Å². The molecule has 7 nitrogen and oxygen atoms in total. The first-order valence-corrected chi connectivity index (χ1v) is 14.2. The molecule has 0 aliphatic carbocycles. The van der Waals surface area contributed by atoms with E-state index in [1.807, 2.05) is 84.5 Å². The average Bonchev–Trinajstić information content (AvgIpc) is 3.34. The minimum atomic E-state index is 0.0763. The van der Waals surface area contributed by atoms with Crippen molar-refractivity contribution in [2.24, 2.45) is 7.05 Å². The molecule has 4 aromatic rings. The van der Waals surface area contributed by atoms with Crippen LogP contribution in [0, 0.1) is 0 Å². The first-order valence-electron chi connectivity index (χ1n) is 14.2. The van der Waals surface area contributed by atoms with E-state index in [0.29, 0.717) is 6.04 Å². The third kappa shape index (κ3) is 8.92. The van der Waals surface area contributed by atoms with Crippen LogP contribution in [0.15, 0.2) is 85.1 Å². The topological polar surface area (TPSA) is 50.2 Å². The number of rotatable bonds is 7. The van der Waals surface area contributed by atoms with Gasteiger partial charge in [0.15, 0.2) is 5.78 Å². The van der Waals surface area contributed by atoms with E-state index in [9.17, 15) is 4.79 Å². The fraction of sp³-hybridized carbons (Fsp3) is 0.382. The molecule has 2 heterocycles. The van der Waals surface area contributed by atoms with Crippen molar-refractivity contribution in [3.8, 4) is 5.75 Å². The SMILES string of the molecule is CC(C)N(C)C.COCN1CCN(c2ccccc2OC)CC1.Cn1cc(C(=O)c2ccccc2)c2ccccc21. The summed E-state index contributed by atoms with van der Waals surface area (Å²) < 4.78 is 12.5. The smallest absolute Gasteiger partial charge is 0.195 e. The number of fused-ring (bicyclic) bond motifs is 1. The van der Waals surface area contributed by atoms with Crippen molar-refractivity contribution >= 4 is 22.4 Å². The van der Waals surface area contributed by atoms with E-state index in [0.717, 1.165) is 60.7 Å². The predicted octanol–water partition coefficient (Wildman–Crippen LogP) is 5.79. The van der Waals surface area contributed by atoms with Gasteiger partial charge in [0.25, 0.3) is 0 Å². The molecular formula is C34H46N4O3. The number of carbonyl (C=O) groups is 1. The Hall–Kier alpha value is -3.65. The summed E-state index contributed by atoms with van der Waals surface area (Å²) in [5, 5.41) is 1.01. The van der Waals surface area contributed by atoms with Gasteiger partial charge in [-0.1, -0.05) is 60.7 Å². The largest absolute Gasteiger partial charge is 0.495 e. The van der Waals surface area contributed by atoms with Crippen LogP contribution in [-0.2, 0) is 11.8 Å². The molecule has 1 aromatic heterocycles. The van der Waals surface area contributed by atoms with Crippen LogP contribution >= 0.6 is 0 Å². The Kier molecular flexibility index (Phi) is 12.4. The maximum absolute atomic E-state index is 12.5. The van der Waals surface area contributed by atoms with Gasteiger partial charge in [-0.05, 0) is 46.1 Å². The summed E-state index contributed by atoms with van der Waals surface area (Å²) in [7, 11) is 9.58. The Morgan fingerprint density at radius 1 is 0.854 bits per heavy atom. The van der Waals surface area contributed by atoms with Crippen LogP contribution in [0.25, 0.3) is 10.9 Å². The maximum Gasteiger partial charge on any atom is 0.195 e. The summed E-state index contributed by atoms with van der Waals surface area (Å²) in [6.45, 7) is 9.16. The van der Waals surface area contributed by atoms with Crippen molar-refractivity contribution in [1.82, 2.24) is 14.4 Å². The van der Waals surface area contributed by atoms with E-state index >= 15 is 0 Å². The van der Waals surface area contributed by atoms with Gasteiger partial charge in [0.2, 0.25) is 0 Å². The highest BCUT2D eigenvalue weighted by Gasteiger charge is 2.19. The molecule has 7 heteroatoms. The molecule has 0 unspecified atom stereocenters. The highest BCUT2D eigenvalue weighted by Crippen LogP contribution is 2.28. The zero-order valence-corrected chi connectivity index (χ0v) is 25.7. The lowest BCUT2D eigenvalue weighted by atomic mass is 10.0. The summed E-state index contributed by atoms with van der Waals surface area (Å²) in [5.74, 6) is 1.03. The van der Waals surface area contributed by atoms with Gasteiger partial charge in [-0.3, -0.25) is 9.69 Å². The summed E-state index contributed by atoms with van der Waals surface area (Å²) in [6.07, 6.45) is 1.90. The third-order valence-electron chi connectivity index (χ3n) is 7.32. The molecule has 0 saturated carbocycles. The lowest BCUT2D eigenvalue weighted by Gasteiger charge is -2.36. The lowest BCUT2D eigenvalue weighted by molar-refractivity contribution is 0.0595. The molecular weight excluding hydrogens is 512 g/mol. The number of nitrogens with zero attached hydrogens (tertiary/aromatic N) is 4. The minimum Gasteiger partial charge on any atom is -0.495 e. The standard InChI is InChI=1S/C16H13NO.C13H20N2O2.C5H13N/c1-17-11-14(13-9-5-6-10-15(13)17)16(18)12-7-3-2-4-8-12;1-16-11-14-7-9-15(10-8-14)12-5-3-4-6-13(12)17-2;1-5(2)6(3)4/h2-11H,1H3;3-6H,7-11H2,1-2H3;5H,1-4H3. The van der Waals surface area contributed by atoms with Gasteiger partial charge in [0.1, 0.15) is 5.75 Å². The molecule has 1 fully saturated rings. The van der Waals surface area contributed by atoms with Gasteiger partial charge in [0, 0.05) is 74.6 Å². The Balaban J connectivity index is 0.000000189. The van der Waals surface area contributed by atoms with Gasteiger partial charge in [-0.2, -0.15) is 0 Å². The number of anilines is 1. The fourth-order valence-electron chi connectivity index (χ4n) is 4.46. The molecule has 3 aromatic carbocycles. The molecule has 1 aliphatic rings.